The SMILES string of the molecule is Nc1nc(N)c2c(-c3ccc(F)cc3)[nH]nc2n1. The van der Waals surface area contributed by atoms with Crippen LogP contribution in [-0.4, -0.2) is 20.2 Å². The Hall–Kier alpha value is -2.70. The van der Waals surface area contributed by atoms with Crippen molar-refractivity contribution >= 4 is 22.8 Å². The number of nitrogens with zero attached hydrogens (tertiary/aromatic N) is 3. The van der Waals surface area contributed by atoms with Crippen molar-refractivity contribution in [2.75, 3.05) is 11.5 Å². The summed E-state index contributed by atoms with van der Waals surface area (Å²) in [6.07, 6.45) is 0. The number of H-pyrrole nitrogens is 1. The first-order valence-corrected chi connectivity index (χ1v) is 5.18. The minimum Gasteiger partial charge on any atom is -0.383 e. The van der Waals surface area contributed by atoms with E-state index >= 15 is 0 Å². The number of halogens is 1. The number of benzene rings is 1. The number of rotatable bonds is 1. The van der Waals surface area contributed by atoms with Crippen molar-refractivity contribution in [3.05, 3.63) is 30.1 Å². The summed E-state index contributed by atoms with van der Waals surface area (Å²) in [5, 5.41) is 7.40. The Bertz CT molecular complexity index is 718. The number of nitrogens with one attached hydrogen (secondary N) is 1. The van der Waals surface area contributed by atoms with Gasteiger partial charge in [-0.25, -0.2) is 4.39 Å². The molecule has 3 aromatic rings. The molecule has 18 heavy (non-hydrogen) atoms. The van der Waals surface area contributed by atoms with Crippen molar-refractivity contribution in [3.8, 4) is 11.3 Å². The third kappa shape index (κ3) is 1.53. The Morgan fingerprint density at radius 3 is 2.50 bits per heavy atom. The highest BCUT2D eigenvalue weighted by molar-refractivity contribution is 5.98. The molecule has 5 N–H and O–H groups in total. The summed E-state index contributed by atoms with van der Waals surface area (Å²) in [7, 11) is 0. The van der Waals surface area contributed by atoms with Crippen molar-refractivity contribution in [2.45, 2.75) is 0 Å². The molecule has 0 bridgehead atoms. The van der Waals surface area contributed by atoms with E-state index in [4.69, 9.17) is 11.5 Å². The fraction of sp³-hybridized carbons (Fsp3) is 0. The molecule has 3 rings (SSSR count). The van der Waals surface area contributed by atoms with Crippen LogP contribution in [0, 0.1) is 5.82 Å². The third-order valence-electron chi connectivity index (χ3n) is 2.59. The second-order valence-electron chi connectivity index (χ2n) is 3.77. The summed E-state index contributed by atoms with van der Waals surface area (Å²) in [4.78, 5) is 7.86. The number of nitrogen functional groups attached to an aromatic ring is 2. The molecular weight excluding hydrogens is 235 g/mol. The molecule has 90 valence electrons. The van der Waals surface area contributed by atoms with Crippen LogP contribution in [0.25, 0.3) is 22.3 Å². The molecule has 0 unspecified atom stereocenters. The van der Waals surface area contributed by atoms with Crippen LogP contribution in [0.4, 0.5) is 16.2 Å². The second kappa shape index (κ2) is 3.66. The molecule has 0 aliphatic heterocycles. The molecule has 6 nitrogen and oxygen atoms in total. The Kier molecular flexibility index (Phi) is 2.12. The molecule has 0 spiro atoms. The van der Waals surface area contributed by atoms with Gasteiger partial charge in [0.05, 0.1) is 11.1 Å². The van der Waals surface area contributed by atoms with Crippen LogP contribution < -0.4 is 11.5 Å². The van der Waals surface area contributed by atoms with Gasteiger partial charge in [-0.1, -0.05) is 0 Å². The van der Waals surface area contributed by atoms with Gasteiger partial charge in [0.25, 0.3) is 0 Å². The minimum absolute atomic E-state index is 0.0668. The lowest BCUT2D eigenvalue weighted by atomic mass is 10.1. The van der Waals surface area contributed by atoms with Crippen LogP contribution in [0.2, 0.25) is 0 Å². The average molecular weight is 244 g/mol. The molecule has 0 atom stereocenters. The van der Waals surface area contributed by atoms with E-state index in [2.05, 4.69) is 20.2 Å². The van der Waals surface area contributed by atoms with E-state index in [0.717, 1.165) is 5.56 Å². The van der Waals surface area contributed by atoms with E-state index in [1.807, 2.05) is 0 Å². The van der Waals surface area contributed by atoms with Crippen molar-refractivity contribution in [1.29, 1.82) is 0 Å². The smallest absolute Gasteiger partial charge is 0.224 e. The third-order valence-corrected chi connectivity index (χ3v) is 2.59. The zero-order chi connectivity index (χ0) is 12.7. The largest absolute Gasteiger partial charge is 0.383 e. The van der Waals surface area contributed by atoms with Gasteiger partial charge < -0.3 is 11.5 Å². The van der Waals surface area contributed by atoms with Crippen LogP contribution in [0.5, 0.6) is 0 Å². The van der Waals surface area contributed by atoms with Gasteiger partial charge in [-0.3, -0.25) is 5.10 Å². The maximum absolute atomic E-state index is 12.9. The Morgan fingerprint density at radius 2 is 1.78 bits per heavy atom. The molecule has 2 heterocycles. The number of hydrogen-bond acceptors (Lipinski definition) is 5. The van der Waals surface area contributed by atoms with Crippen LogP contribution in [0.3, 0.4) is 0 Å². The first-order chi connectivity index (χ1) is 8.65. The summed E-state index contributed by atoms with van der Waals surface area (Å²) in [5.41, 5.74) is 13.1. The van der Waals surface area contributed by atoms with Crippen molar-refractivity contribution in [3.63, 3.8) is 0 Å². The van der Waals surface area contributed by atoms with E-state index in [0.29, 0.717) is 16.7 Å². The first-order valence-electron chi connectivity index (χ1n) is 5.18. The number of anilines is 2. The summed E-state index contributed by atoms with van der Waals surface area (Å²) >= 11 is 0. The maximum atomic E-state index is 12.9. The quantitative estimate of drug-likeness (QED) is 0.598. The lowest BCUT2D eigenvalue weighted by molar-refractivity contribution is 0.628. The molecule has 0 fully saturated rings. The van der Waals surface area contributed by atoms with Gasteiger partial charge in [0, 0.05) is 5.56 Å². The normalized spacial score (nSPS) is 10.9. The fourth-order valence-corrected chi connectivity index (χ4v) is 1.79. The number of nitrogens with two attached hydrogens (primary N) is 2. The Balaban J connectivity index is 2.27. The van der Waals surface area contributed by atoms with Crippen molar-refractivity contribution < 1.29 is 4.39 Å². The number of aromatic nitrogens is 4. The Labute approximate surface area is 101 Å². The number of hydrogen-bond donors (Lipinski definition) is 3. The highest BCUT2D eigenvalue weighted by Crippen LogP contribution is 2.29. The van der Waals surface area contributed by atoms with Gasteiger partial charge in [-0.15, -0.1) is 0 Å². The zero-order valence-electron chi connectivity index (χ0n) is 9.18. The molecule has 1 aromatic carbocycles. The van der Waals surface area contributed by atoms with E-state index in [1.165, 1.54) is 12.1 Å². The van der Waals surface area contributed by atoms with E-state index in [-0.39, 0.29) is 17.6 Å². The molecule has 0 aliphatic rings. The molecule has 0 aliphatic carbocycles. The summed E-state index contributed by atoms with van der Waals surface area (Å²) in [6.45, 7) is 0. The van der Waals surface area contributed by atoms with Crippen molar-refractivity contribution in [2.24, 2.45) is 0 Å². The number of fused-ring (bicyclic) bond motifs is 1. The monoisotopic (exact) mass is 244 g/mol. The molecular formula is C11H9FN6. The maximum Gasteiger partial charge on any atom is 0.224 e. The fourth-order valence-electron chi connectivity index (χ4n) is 1.79. The highest BCUT2D eigenvalue weighted by Gasteiger charge is 2.13. The van der Waals surface area contributed by atoms with E-state index < -0.39 is 0 Å². The number of aromatic amines is 1. The van der Waals surface area contributed by atoms with Crippen LogP contribution >= 0.6 is 0 Å². The predicted molar refractivity (Wildman–Crippen MR) is 65.9 cm³/mol. The topological polar surface area (TPSA) is 106 Å². The highest BCUT2D eigenvalue weighted by atomic mass is 19.1. The molecule has 0 amide bonds. The standard InChI is InChI=1S/C11H9FN6/c12-6-3-1-5(2-4-6)8-7-9(13)15-11(14)16-10(7)18-17-8/h1-4H,(H5,13,14,15,16,17,18). The van der Waals surface area contributed by atoms with E-state index in [1.54, 1.807) is 12.1 Å². The molecule has 0 saturated heterocycles. The summed E-state index contributed by atoms with van der Waals surface area (Å²) < 4.78 is 12.9. The second-order valence-corrected chi connectivity index (χ2v) is 3.77. The lowest BCUT2D eigenvalue weighted by Gasteiger charge is -2.01. The van der Waals surface area contributed by atoms with Crippen LogP contribution in [0.1, 0.15) is 0 Å². The van der Waals surface area contributed by atoms with Gasteiger partial charge in [-0.05, 0) is 24.3 Å². The van der Waals surface area contributed by atoms with Gasteiger partial charge in [0.1, 0.15) is 11.6 Å². The molecule has 7 heteroatoms. The van der Waals surface area contributed by atoms with Gasteiger partial charge >= 0.3 is 0 Å². The lowest BCUT2D eigenvalue weighted by Crippen LogP contribution is -1.99. The van der Waals surface area contributed by atoms with Gasteiger partial charge in [0.2, 0.25) is 5.95 Å². The molecule has 2 aromatic heterocycles. The Morgan fingerprint density at radius 1 is 1.06 bits per heavy atom. The van der Waals surface area contributed by atoms with Crippen LogP contribution in [-0.2, 0) is 0 Å². The van der Waals surface area contributed by atoms with Gasteiger partial charge in [0.15, 0.2) is 5.65 Å². The molecule has 0 radical (unpaired) electrons. The summed E-state index contributed by atoms with van der Waals surface area (Å²) in [5.74, 6) is -0.00114. The van der Waals surface area contributed by atoms with Crippen LogP contribution in [0.15, 0.2) is 24.3 Å². The van der Waals surface area contributed by atoms with Gasteiger partial charge in [-0.2, -0.15) is 15.1 Å². The molecule has 0 saturated carbocycles. The average Bonchev–Trinajstić information content (AvgIpc) is 2.74. The summed E-state index contributed by atoms with van der Waals surface area (Å²) in [6, 6.07) is 5.96. The van der Waals surface area contributed by atoms with E-state index in [9.17, 15) is 4.39 Å². The zero-order valence-corrected chi connectivity index (χ0v) is 9.18. The van der Waals surface area contributed by atoms with Crippen molar-refractivity contribution in [1.82, 2.24) is 20.2 Å². The first kappa shape index (κ1) is 10.5. The minimum atomic E-state index is -0.309. The predicted octanol–water partition coefficient (Wildman–Crippen LogP) is 1.32.